The third-order valence-electron chi connectivity index (χ3n) is 3.65. The smallest absolute Gasteiger partial charge is 0.225 e. The number of nitrogens with zero attached hydrogens (tertiary/aromatic N) is 2. The van der Waals surface area contributed by atoms with Crippen molar-refractivity contribution < 1.29 is 4.79 Å². The molecule has 0 radical (unpaired) electrons. The van der Waals surface area contributed by atoms with Crippen LogP contribution in [0.4, 0.5) is 0 Å². The molecule has 0 spiro atoms. The van der Waals surface area contributed by atoms with E-state index in [1.807, 2.05) is 4.90 Å². The monoisotopic (exact) mass is 283 g/mol. The van der Waals surface area contributed by atoms with Crippen LogP contribution in [-0.2, 0) is 4.79 Å². The van der Waals surface area contributed by atoms with E-state index < -0.39 is 0 Å². The van der Waals surface area contributed by atoms with Gasteiger partial charge in [-0.3, -0.25) is 4.79 Å². The molecule has 0 atom stereocenters. The van der Waals surface area contributed by atoms with Crippen LogP contribution in [0.3, 0.4) is 0 Å². The van der Waals surface area contributed by atoms with Crippen LogP contribution >= 0.6 is 24.8 Å². The molecule has 6 heteroatoms. The van der Waals surface area contributed by atoms with E-state index in [0.29, 0.717) is 5.91 Å². The van der Waals surface area contributed by atoms with Crippen molar-refractivity contribution in [2.24, 2.45) is 11.7 Å². The largest absolute Gasteiger partial charge is 0.340 e. The molecular weight excluding hydrogens is 261 g/mol. The molecule has 1 saturated heterocycles. The second kappa shape index (κ2) is 7.41. The first kappa shape index (κ1) is 17.0. The zero-order chi connectivity index (χ0) is 10.8. The van der Waals surface area contributed by atoms with E-state index >= 15 is 0 Å². The van der Waals surface area contributed by atoms with Gasteiger partial charge in [0.15, 0.2) is 0 Å². The summed E-state index contributed by atoms with van der Waals surface area (Å²) >= 11 is 0. The first-order valence-electron chi connectivity index (χ1n) is 5.97. The molecule has 0 bridgehead atoms. The van der Waals surface area contributed by atoms with Crippen LogP contribution in [0, 0.1) is 5.92 Å². The summed E-state index contributed by atoms with van der Waals surface area (Å²) in [6, 6.07) is 0.274. The lowest BCUT2D eigenvalue weighted by atomic mass is 9.80. The van der Waals surface area contributed by atoms with Gasteiger partial charge >= 0.3 is 0 Å². The highest BCUT2D eigenvalue weighted by Gasteiger charge is 2.35. The molecule has 2 N–H and O–H groups in total. The van der Waals surface area contributed by atoms with Gasteiger partial charge in [0, 0.05) is 38.1 Å². The molecule has 1 aliphatic carbocycles. The number of rotatable bonds is 2. The van der Waals surface area contributed by atoms with Crippen LogP contribution in [0.15, 0.2) is 0 Å². The topological polar surface area (TPSA) is 49.6 Å². The van der Waals surface area contributed by atoms with Crippen LogP contribution in [0.25, 0.3) is 0 Å². The minimum absolute atomic E-state index is 0. The van der Waals surface area contributed by atoms with E-state index in [4.69, 9.17) is 5.73 Å². The summed E-state index contributed by atoms with van der Waals surface area (Å²) in [5.74, 6) is 0.570. The van der Waals surface area contributed by atoms with Gasteiger partial charge in [0.25, 0.3) is 0 Å². The minimum Gasteiger partial charge on any atom is -0.340 e. The van der Waals surface area contributed by atoms with Crippen LogP contribution in [-0.4, -0.2) is 54.5 Å². The maximum atomic E-state index is 12.0. The Kier molecular flexibility index (Phi) is 7.40. The van der Waals surface area contributed by atoms with Crippen LogP contribution < -0.4 is 5.73 Å². The number of nitrogens with two attached hydrogens (primary N) is 1. The first-order chi connectivity index (χ1) is 7.20. The predicted octanol–water partition coefficient (Wildman–Crippen LogP) is 0.731. The Hall–Kier alpha value is -0.0300. The summed E-state index contributed by atoms with van der Waals surface area (Å²) in [5.41, 5.74) is 5.70. The van der Waals surface area contributed by atoms with Crippen molar-refractivity contribution in [3.05, 3.63) is 0 Å². The van der Waals surface area contributed by atoms with Crippen molar-refractivity contribution in [1.82, 2.24) is 9.80 Å². The highest BCUT2D eigenvalue weighted by Crippen LogP contribution is 2.27. The number of carbonyl (C=O) groups excluding carboxylic acids is 1. The number of hydrogen-bond acceptors (Lipinski definition) is 3. The average molecular weight is 284 g/mol. The standard InChI is InChI=1S/C11H21N3O.2ClH/c1-2-13-3-5-14(6-4-13)11(15)9-7-10(12)8-9;;/h9-10H,2-8,12H2,1H3;2*1H. The van der Waals surface area contributed by atoms with Crippen molar-refractivity contribution in [1.29, 1.82) is 0 Å². The highest BCUT2D eigenvalue weighted by atomic mass is 35.5. The van der Waals surface area contributed by atoms with Gasteiger partial charge < -0.3 is 15.5 Å². The van der Waals surface area contributed by atoms with Crippen molar-refractivity contribution >= 4 is 30.7 Å². The normalized spacial score (nSPS) is 28.7. The SMILES string of the molecule is CCN1CCN(C(=O)C2CC(N)C2)CC1.Cl.Cl. The van der Waals surface area contributed by atoms with Crippen LogP contribution in [0.1, 0.15) is 19.8 Å². The summed E-state index contributed by atoms with van der Waals surface area (Å²) in [4.78, 5) is 16.4. The molecular formula is C11H23Cl2N3O. The van der Waals surface area contributed by atoms with Gasteiger partial charge in [0.05, 0.1) is 0 Å². The summed E-state index contributed by atoms with van der Waals surface area (Å²) in [6.07, 6.45) is 1.79. The lowest BCUT2D eigenvalue weighted by Crippen LogP contribution is -2.53. The van der Waals surface area contributed by atoms with Crippen molar-refractivity contribution in [3.8, 4) is 0 Å². The third kappa shape index (κ3) is 3.98. The molecule has 0 aromatic rings. The Bertz CT molecular complexity index is 239. The Balaban J connectivity index is 0.00000128. The molecule has 102 valence electrons. The van der Waals surface area contributed by atoms with Gasteiger partial charge in [0.1, 0.15) is 0 Å². The van der Waals surface area contributed by atoms with Gasteiger partial charge in [-0.05, 0) is 19.4 Å². The summed E-state index contributed by atoms with van der Waals surface area (Å²) in [6.45, 7) is 7.12. The van der Waals surface area contributed by atoms with E-state index in [1.54, 1.807) is 0 Å². The van der Waals surface area contributed by atoms with E-state index in [0.717, 1.165) is 45.6 Å². The molecule has 2 fully saturated rings. The fourth-order valence-corrected chi connectivity index (χ4v) is 2.41. The van der Waals surface area contributed by atoms with E-state index in [9.17, 15) is 4.79 Å². The summed E-state index contributed by atoms with van der Waals surface area (Å²) in [5, 5.41) is 0. The third-order valence-corrected chi connectivity index (χ3v) is 3.65. The van der Waals surface area contributed by atoms with E-state index in [1.165, 1.54) is 0 Å². The minimum atomic E-state index is 0. The van der Waals surface area contributed by atoms with Crippen LogP contribution in [0.5, 0.6) is 0 Å². The van der Waals surface area contributed by atoms with Crippen LogP contribution in [0.2, 0.25) is 0 Å². The van der Waals surface area contributed by atoms with Crippen molar-refractivity contribution in [2.45, 2.75) is 25.8 Å². The maximum Gasteiger partial charge on any atom is 0.225 e. The molecule has 0 unspecified atom stereocenters. The van der Waals surface area contributed by atoms with Gasteiger partial charge in [-0.1, -0.05) is 6.92 Å². The molecule has 1 amide bonds. The van der Waals surface area contributed by atoms with Gasteiger partial charge in [-0.25, -0.2) is 0 Å². The van der Waals surface area contributed by atoms with Gasteiger partial charge in [-0.15, -0.1) is 24.8 Å². The lowest BCUT2D eigenvalue weighted by molar-refractivity contribution is -0.140. The Morgan fingerprint density at radius 1 is 1.18 bits per heavy atom. The van der Waals surface area contributed by atoms with Crippen molar-refractivity contribution in [2.75, 3.05) is 32.7 Å². The maximum absolute atomic E-state index is 12.0. The number of carbonyl (C=O) groups is 1. The summed E-state index contributed by atoms with van der Waals surface area (Å²) < 4.78 is 0. The molecule has 1 heterocycles. The fraction of sp³-hybridized carbons (Fsp3) is 0.909. The quantitative estimate of drug-likeness (QED) is 0.813. The number of halogens is 2. The first-order valence-corrected chi connectivity index (χ1v) is 5.97. The molecule has 1 saturated carbocycles. The van der Waals surface area contributed by atoms with Crippen molar-refractivity contribution in [3.63, 3.8) is 0 Å². The Labute approximate surface area is 116 Å². The number of likely N-dealkylation sites (N-methyl/N-ethyl adjacent to an activating group) is 1. The zero-order valence-electron chi connectivity index (χ0n) is 10.3. The lowest BCUT2D eigenvalue weighted by Gasteiger charge is -2.39. The number of hydrogen-bond donors (Lipinski definition) is 1. The molecule has 2 aliphatic rings. The highest BCUT2D eigenvalue weighted by molar-refractivity contribution is 5.85. The second-order valence-corrected chi connectivity index (χ2v) is 4.69. The zero-order valence-corrected chi connectivity index (χ0v) is 11.9. The molecule has 1 aliphatic heterocycles. The predicted molar refractivity (Wildman–Crippen MR) is 73.9 cm³/mol. The average Bonchev–Trinajstić information content (AvgIpc) is 2.24. The second-order valence-electron chi connectivity index (χ2n) is 4.69. The Morgan fingerprint density at radius 3 is 2.12 bits per heavy atom. The summed E-state index contributed by atoms with van der Waals surface area (Å²) in [7, 11) is 0. The molecule has 0 aromatic carbocycles. The Morgan fingerprint density at radius 2 is 1.71 bits per heavy atom. The molecule has 17 heavy (non-hydrogen) atoms. The molecule has 0 aromatic heterocycles. The number of piperazine rings is 1. The number of amides is 1. The van der Waals surface area contributed by atoms with E-state index in [-0.39, 0.29) is 36.8 Å². The molecule has 2 rings (SSSR count). The van der Waals surface area contributed by atoms with Gasteiger partial charge in [-0.2, -0.15) is 0 Å². The van der Waals surface area contributed by atoms with E-state index in [2.05, 4.69) is 11.8 Å². The van der Waals surface area contributed by atoms with Gasteiger partial charge in [0.2, 0.25) is 5.91 Å². The fourth-order valence-electron chi connectivity index (χ4n) is 2.41. The molecule has 4 nitrogen and oxygen atoms in total.